The fourth-order valence-corrected chi connectivity index (χ4v) is 3.49. The van der Waals surface area contributed by atoms with Crippen LogP contribution < -0.4 is 21.3 Å². The number of phenolic OH excluding ortho intramolecular Hbond substituents is 1. The molecule has 1 heterocycles. The Kier molecular flexibility index (Phi) is 9.61. The van der Waals surface area contributed by atoms with E-state index < -0.39 is 54.5 Å². The van der Waals surface area contributed by atoms with Gasteiger partial charge in [-0.15, -0.1) is 0 Å². The molecule has 0 saturated carbocycles. The number of carbonyl (C=O) groups excluding carboxylic acids is 3. The van der Waals surface area contributed by atoms with Crippen LogP contribution in [0.2, 0.25) is 0 Å². The molecule has 33 heavy (non-hydrogen) atoms. The monoisotopic (exact) mass is 464 g/mol. The van der Waals surface area contributed by atoms with Gasteiger partial charge in [-0.25, -0.2) is 4.79 Å². The summed E-state index contributed by atoms with van der Waals surface area (Å²) in [6.45, 7) is 3.17. The van der Waals surface area contributed by atoms with Gasteiger partial charge in [0.15, 0.2) is 0 Å². The van der Waals surface area contributed by atoms with Crippen LogP contribution in [0, 0.1) is 5.92 Å². The van der Waals surface area contributed by atoms with Crippen LogP contribution in [0.25, 0.3) is 0 Å². The van der Waals surface area contributed by atoms with Gasteiger partial charge in [0, 0.05) is 6.42 Å². The lowest BCUT2D eigenvalue weighted by Crippen LogP contribution is -2.59. The van der Waals surface area contributed by atoms with E-state index in [9.17, 15) is 34.5 Å². The highest BCUT2D eigenvalue weighted by atomic mass is 16.4. The van der Waals surface area contributed by atoms with E-state index in [-0.39, 0.29) is 18.1 Å². The zero-order valence-electron chi connectivity index (χ0n) is 18.7. The number of amides is 3. The lowest BCUT2D eigenvalue weighted by atomic mass is 10.0. The van der Waals surface area contributed by atoms with Gasteiger partial charge in [0.1, 0.15) is 23.9 Å². The summed E-state index contributed by atoms with van der Waals surface area (Å²) in [5, 5.41) is 38.8. The molecule has 2 rings (SSSR count). The number of nitrogens with one attached hydrogen (secondary N) is 4. The molecule has 7 N–H and O–H groups in total. The second-order valence-electron chi connectivity index (χ2n) is 8.39. The molecule has 0 spiro atoms. The molecule has 182 valence electrons. The Balaban J connectivity index is 2.13. The van der Waals surface area contributed by atoms with Crippen molar-refractivity contribution < 1.29 is 34.5 Å². The maximum atomic E-state index is 13.0. The Morgan fingerprint density at radius 2 is 1.67 bits per heavy atom. The highest BCUT2D eigenvalue weighted by Crippen LogP contribution is 2.12. The van der Waals surface area contributed by atoms with Crippen molar-refractivity contribution in [2.45, 2.75) is 57.3 Å². The van der Waals surface area contributed by atoms with Gasteiger partial charge in [0.2, 0.25) is 17.7 Å². The van der Waals surface area contributed by atoms with Crippen molar-refractivity contribution in [1.29, 1.82) is 0 Å². The van der Waals surface area contributed by atoms with Crippen molar-refractivity contribution in [3.8, 4) is 5.75 Å². The summed E-state index contributed by atoms with van der Waals surface area (Å²) in [4.78, 5) is 49.5. The molecule has 1 aliphatic rings. The summed E-state index contributed by atoms with van der Waals surface area (Å²) in [6.07, 6.45) is 1.54. The molecule has 0 bridgehead atoms. The number of aromatic hydroxyl groups is 1. The highest BCUT2D eigenvalue weighted by Gasteiger charge is 2.32. The fraction of sp³-hybridized carbons (Fsp3) is 0.545. The van der Waals surface area contributed by atoms with Gasteiger partial charge in [0.05, 0.1) is 12.6 Å². The Morgan fingerprint density at radius 3 is 2.18 bits per heavy atom. The number of aliphatic carboxylic acids is 1. The molecule has 1 fully saturated rings. The van der Waals surface area contributed by atoms with E-state index in [0.29, 0.717) is 18.5 Å². The number of aliphatic hydroxyl groups is 1. The molecule has 4 atom stereocenters. The van der Waals surface area contributed by atoms with Gasteiger partial charge in [-0.05, 0) is 43.0 Å². The van der Waals surface area contributed by atoms with Gasteiger partial charge in [-0.2, -0.15) is 0 Å². The van der Waals surface area contributed by atoms with E-state index >= 15 is 0 Å². The van der Waals surface area contributed by atoms with Crippen molar-refractivity contribution in [2.75, 3.05) is 13.2 Å². The van der Waals surface area contributed by atoms with Gasteiger partial charge in [-0.1, -0.05) is 26.0 Å². The Labute approximate surface area is 191 Å². The first-order valence-corrected chi connectivity index (χ1v) is 10.9. The van der Waals surface area contributed by atoms with Crippen molar-refractivity contribution in [3.05, 3.63) is 29.8 Å². The van der Waals surface area contributed by atoms with Crippen LogP contribution in [0.5, 0.6) is 5.75 Å². The molecule has 11 heteroatoms. The van der Waals surface area contributed by atoms with Gasteiger partial charge < -0.3 is 36.6 Å². The molecule has 1 aromatic rings. The number of carboxylic acid groups (broad SMARTS) is 1. The molecule has 0 aromatic heterocycles. The lowest BCUT2D eigenvalue weighted by Gasteiger charge is -2.25. The highest BCUT2D eigenvalue weighted by molar-refractivity contribution is 5.94. The van der Waals surface area contributed by atoms with Crippen LogP contribution in [-0.4, -0.2) is 76.3 Å². The topological polar surface area (TPSA) is 177 Å². The number of carbonyl (C=O) groups is 4. The largest absolute Gasteiger partial charge is 0.508 e. The number of rotatable bonds is 11. The van der Waals surface area contributed by atoms with Crippen molar-refractivity contribution in [3.63, 3.8) is 0 Å². The molecular weight excluding hydrogens is 432 g/mol. The third-order valence-electron chi connectivity index (χ3n) is 5.43. The zero-order chi connectivity index (χ0) is 24.5. The number of aliphatic hydroxyl groups excluding tert-OH is 1. The Hall–Kier alpha value is -3.18. The van der Waals surface area contributed by atoms with E-state index in [2.05, 4.69) is 21.3 Å². The number of hydrogen-bond donors (Lipinski definition) is 7. The number of phenols is 1. The summed E-state index contributed by atoms with van der Waals surface area (Å²) in [6, 6.07) is 2.02. The van der Waals surface area contributed by atoms with Crippen molar-refractivity contribution in [1.82, 2.24) is 21.3 Å². The first kappa shape index (κ1) is 26.1. The smallest absolute Gasteiger partial charge is 0.326 e. The lowest BCUT2D eigenvalue weighted by molar-refractivity contribution is -0.143. The quantitative estimate of drug-likeness (QED) is 0.215. The Bertz CT molecular complexity index is 838. The normalized spacial score (nSPS) is 18.2. The molecule has 0 radical (unpaired) electrons. The molecule has 1 saturated heterocycles. The minimum Gasteiger partial charge on any atom is -0.508 e. The predicted octanol–water partition coefficient (Wildman–Crippen LogP) is -1.13. The third kappa shape index (κ3) is 7.72. The third-order valence-corrected chi connectivity index (χ3v) is 5.43. The van der Waals surface area contributed by atoms with E-state index in [1.807, 2.05) is 0 Å². The van der Waals surface area contributed by atoms with E-state index in [4.69, 9.17) is 0 Å². The van der Waals surface area contributed by atoms with E-state index in [1.165, 1.54) is 12.1 Å². The molecule has 11 nitrogen and oxygen atoms in total. The zero-order valence-corrected chi connectivity index (χ0v) is 18.7. The van der Waals surface area contributed by atoms with Gasteiger partial charge in [-0.3, -0.25) is 14.4 Å². The summed E-state index contributed by atoms with van der Waals surface area (Å²) in [5.41, 5.74) is 0.656. The number of hydrogen-bond acceptors (Lipinski definition) is 7. The van der Waals surface area contributed by atoms with Crippen molar-refractivity contribution in [2.24, 2.45) is 5.92 Å². The van der Waals surface area contributed by atoms with E-state index in [1.54, 1.807) is 26.0 Å². The summed E-state index contributed by atoms with van der Waals surface area (Å²) in [5.74, 6) is -3.51. The van der Waals surface area contributed by atoms with Crippen molar-refractivity contribution >= 4 is 23.7 Å². The number of carboxylic acids is 1. The minimum atomic E-state index is -1.40. The van der Waals surface area contributed by atoms with E-state index in [0.717, 1.165) is 6.42 Å². The second-order valence-corrected chi connectivity index (χ2v) is 8.39. The minimum absolute atomic E-state index is 0.0501. The number of benzene rings is 1. The Morgan fingerprint density at radius 1 is 1.03 bits per heavy atom. The fourth-order valence-electron chi connectivity index (χ4n) is 3.49. The van der Waals surface area contributed by atoms with Crippen LogP contribution in [0.3, 0.4) is 0 Å². The summed E-state index contributed by atoms with van der Waals surface area (Å²) < 4.78 is 0. The summed E-state index contributed by atoms with van der Waals surface area (Å²) >= 11 is 0. The average molecular weight is 465 g/mol. The van der Waals surface area contributed by atoms with Gasteiger partial charge >= 0.3 is 5.97 Å². The molecular formula is C22H32N4O7. The maximum absolute atomic E-state index is 13.0. The van der Waals surface area contributed by atoms with Crippen LogP contribution in [0.4, 0.5) is 0 Å². The first-order chi connectivity index (χ1) is 15.6. The SMILES string of the molecule is CC(C)C(NC(=O)C(CO)NC(=O)C(Cc1ccc(O)cc1)NC(=O)C1CCCN1)C(=O)O. The maximum Gasteiger partial charge on any atom is 0.326 e. The first-order valence-electron chi connectivity index (χ1n) is 10.9. The van der Waals surface area contributed by atoms with Gasteiger partial charge in [0.25, 0.3) is 0 Å². The average Bonchev–Trinajstić information content (AvgIpc) is 3.31. The molecule has 0 aliphatic carbocycles. The summed E-state index contributed by atoms with van der Waals surface area (Å²) in [7, 11) is 0. The molecule has 4 unspecified atom stereocenters. The van der Waals surface area contributed by atoms with Crippen LogP contribution in [-0.2, 0) is 25.6 Å². The standard InChI is InChI=1S/C22H32N4O7/c1-12(2)18(22(32)33)26-21(31)17(11-27)25-20(30)16(10-13-5-7-14(28)8-6-13)24-19(29)15-4-3-9-23-15/h5-8,12,15-18,23,27-28H,3-4,9-11H2,1-2H3,(H,24,29)(H,25,30)(H,26,31)(H,32,33). The molecule has 1 aromatic carbocycles. The molecule has 1 aliphatic heterocycles. The van der Waals surface area contributed by atoms with Crippen LogP contribution in [0.1, 0.15) is 32.3 Å². The predicted molar refractivity (Wildman–Crippen MR) is 118 cm³/mol. The van der Waals surface area contributed by atoms with Crippen LogP contribution in [0.15, 0.2) is 24.3 Å². The molecule has 3 amide bonds. The second kappa shape index (κ2) is 12.2. The van der Waals surface area contributed by atoms with Crippen LogP contribution >= 0.6 is 0 Å².